The number of rotatable bonds is 6. The quantitative estimate of drug-likeness (QED) is 0.876. The van der Waals surface area contributed by atoms with Crippen LogP contribution in [0.5, 0.6) is 5.75 Å². The summed E-state index contributed by atoms with van der Waals surface area (Å²) in [6.07, 6.45) is 3.25. The van der Waals surface area contributed by atoms with Crippen molar-refractivity contribution in [3.8, 4) is 5.75 Å². The Hall–Kier alpha value is -1.10. The second kappa shape index (κ2) is 6.99. The van der Waals surface area contributed by atoms with Crippen LogP contribution < -0.4 is 10.1 Å². The molecule has 0 spiro atoms. The van der Waals surface area contributed by atoms with Crippen molar-refractivity contribution < 1.29 is 9.47 Å². The minimum atomic E-state index is 0.313. The van der Waals surface area contributed by atoms with Crippen LogP contribution in [0.3, 0.4) is 0 Å². The number of ether oxygens (including phenoxy) is 2. The Labute approximate surface area is 133 Å². The van der Waals surface area contributed by atoms with Gasteiger partial charge in [0, 0.05) is 37.8 Å². The van der Waals surface area contributed by atoms with Gasteiger partial charge in [-0.05, 0) is 38.3 Å². The number of methoxy groups -OCH3 is 1. The molecular formula is C18H28N2O2. The van der Waals surface area contributed by atoms with Crippen LogP contribution in [0.1, 0.15) is 37.8 Å². The third-order valence-electron chi connectivity index (χ3n) is 4.41. The summed E-state index contributed by atoms with van der Waals surface area (Å²) in [5.41, 5.74) is 2.56. The van der Waals surface area contributed by atoms with Gasteiger partial charge in [-0.1, -0.05) is 12.1 Å². The molecule has 122 valence electrons. The normalized spacial score (nSPS) is 26.1. The molecule has 1 aromatic carbocycles. The Morgan fingerprint density at radius 3 is 2.59 bits per heavy atom. The number of nitrogens with one attached hydrogen (secondary N) is 1. The van der Waals surface area contributed by atoms with Crippen molar-refractivity contribution in [2.24, 2.45) is 0 Å². The fourth-order valence-corrected chi connectivity index (χ4v) is 3.25. The standard InChI is InChI=1S/C18H28N2O2/c1-13-10-20(11-14(2)22-13)12-15-4-5-16(18(8-15)21-3)9-19-17-6-7-17/h4-5,8,13-14,17,19H,6-7,9-12H2,1-3H3. The lowest BCUT2D eigenvalue weighted by molar-refractivity contribution is -0.0704. The van der Waals surface area contributed by atoms with E-state index in [0.29, 0.717) is 12.2 Å². The first-order chi connectivity index (χ1) is 10.6. The lowest BCUT2D eigenvalue weighted by atomic mass is 10.1. The van der Waals surface area contributed by atoms with Crippen molar-refractivity contribution in [3.63, 3.8) is 0 Å². The van der Waals surface area contributed by atoms with Crippen LogP contribution in [0.4, 0.5) is 0 Å². The highest BCUT2D eigenvalue weighted by atomic mass is 16.5. The largest absolute Gasteiger partial charge is 0.496 e. The van der Waals surface area contributed by atoms with Crippen LogP contribution in [0.15, 0.2) is 18.2 Å². The molecule has 4 nitrogen and oxygen atoms in total. The molecule has 2 fully saturated rings. The van der Waals surface area contributed by atoms with E-state index in [1.807, 2.05) is 0 Å². The van der Waals surface area contributed by atoms with E-state index in [9.17, 15) is 0 Å². The topological polar surface area (TPSA) is 33.7 Å². The number of morpholine rings is 1. The van der Waals surface area contributed by atoms with Crippen LogP contribution >= 0.6 is 0 Å². The van der Waals surface area contributed by atoms with Gasteiger partial charge in [0.05, 0.1) is 19.3 Å². The summed E-state index contributed by atoms with van der Waals surface area (Å²) < 4.78 is 11.4. The second-order valence-electron chi connectivity index (χ2n) is 6.75. The highest BCUT2D eigenvalue weighted by Gasteiger charge is 2.23. The summed E-state index contributed by atoms with van der Waals surface area (Å²) in [7, 11) is 1.76. The van der Waals surface area contributed by atoms with Gasteiger partial charge in [-0.2, -0.15) is 0 Å². The van der Waals surface area contributed by atoms with Crippen molar-refractivity contribution in [2.75, 3.05) is 20.2 Å². The highest BCUT2D eigenvalue weighted by Crippen LogP contribution is 2.24. The third-order valence-corrected chi connectivity index (χ3v) is 4.41. The van der Waals surface area contributed by atoms with Gasteiger partial charge in [0.15, 0.2) is 0 Å². The van der Waals surface area contributed by atoms with Gasteiger partial charge in [-0.3, -0.25) is 4.90 Å². The highest BCUT2D eigenvalue weighted by molar-refractivity contribution is 5.37. The zero-order valence-corrected chi connectivity index (χ0v) is 14.0. The maximum absolute atomic E-state index is 5.80. The predicted molar refractivity (Wildman–Crippen MR) is 88.1 cm³/mol. The Morgan fingerprint density at radius 1 is 1.23 bits per heavy atom. The Bertz CT molecular complexity index is 492. The van der Waals surface area contributed by atoms with Crippen LogP contribution in [0, 0.1) is 0 Å². The maximum atomic E-state index is 5.80. The molecule has 1 saturated heterocycles. The lowest BCUT2D eigenvalue weighted by Crippen LogP contribution is -2.44. The van der Waals surface area contributed by atoms with Crippen molar-refractivity contribution in [3.05, 3.63) is 29.3 Å². The van der Waals surface area contributed by atoms with Crippen molar-refractivity contribution in [1.29, 1.82) is 0 Å². The van der Waals surface area contributed by atoms with E-state index >= 15 is 0 Å². The first-order valence-electron chi connectivity index (χ1n) is 8.41. The molecular weight excluding hydrogens is 276 g/mol. The summed E-state index contributed by atoms with van der Waals surface area (Å²) >= 11 is 0. The van der Waals surface area contributed by atoms with Gasteiger partial charge < -0.3 is 14.8 Å². The van der Waals surface area contributed by atoms with Gasteiger partial charge in [-0.15, -0.1) is 0 Å². The van der Waals surface area contributed by atoms with Crippen molar-refractivity contribution in [1.82, 2.24) is 10.2 Å². The fraction of sp³-hybridized carbons (Fsp3) is 0.667. The Morgan fingerprint density at radius 2 is 1.95 bits per heavy atom. The Balaban J connectivity index is 1.63. The van der Waals surface area contributed by atoms with E-state index in [1.165, 1.54) is 24.0 Å². The average Bonchev–Trinajstić information content (AvgIpc) is 3.29. The van der Waals surface area contributed by atoms with E-state index in [0.717, 1.165) is 38.0 Å². The summed E-state index contributed by atoms with van der Waals surface area (Å²) in [4.78, 5) is 2.47. The SMILES string of the molecule is COc1cc(CN2CC(C)OC(C)C2)ccc1CNC1CC1. The van der Waals surface area contributed by atoms with Crippen LogP contribution in [-0.4, -0.2) is 43.3 Å². The molecule has 4 heteroatoms. The third kappa shape index (κ3) is 4.22. The molecule has 1 aliphatic carbocycles. The number of nitrogens with zero attached hydrogens (tertiary/aromatic N) is 1. The molecule has 1 aliphatic heterocycles. The number of hydrogen-bond acceptors (Lipinski definition) is 4. The molecule has 2 atom stereocenters. The van der Waals surface area contributed by atoms with Gasteiger partial charge in [0.1, 0.15) is 5.75 Å². The fourth-order valence-electron chi connectivity index (χ4n) is 3.25. The number of benzene rings is 1. The minimum absolute atomic E-state index is 0.313. The van der Waals surface area contributed by atoms with E-state index in [-0.39, 0.29) is 0 Å². The maximum Gasteiger partial charge on any atom is 0.123 e. The van der Waals surface area contributed by atoms with E-state index < -0.39 is 0 Å². The average molecular weight is 304 g/mol. The molecule has 22 heavy (non-hydrogen) atoms. The summed E-state index contributed by atoms with van der Waals surface area (Å²) in [6.45, 7) is 8.16. The van der Waals surface area contributed by atoms with E-state index in [2.05, 4.69) is 42.3 Å². The van der Waals surface area contributed by atoms with Crippen LogP contribution in [-0.2, 0) is 17.8 Å². The first-order valence-corrected chi connectivity index (χ1v) is 8.41. The monoisotopic (exact) mass is 304 g/mol. The molecule has 1 heterocycles. The van der Waals surface area contributed by atoms with Gasteiger partial charge in [0.2, 0.25) is 0 Å². The molecule has 3 rings (SSSR count). The van der Waals surface area contributed by atoms with Crippen LogP contribution in [0.25, 0.3) is 0 Å². The molecule has 1 N–H and O–H groups in total. The molecule has 1 saturated carbocycles. The molecule has 0 bridgehead atoms. The van der Waals surface area contributed by atoms with Gasteiger partial charge in [-0.25, -0.2) is 0 Å². The Kier molecular flexibility index (Phi) is 5.01. The zero-order valence-electron chi connectivity index (χ0n) is 14.0. The molecule has 2 aliphatic rings. The first kappa shape index (κ1) is 15.8. The zero-order chi connectivity index (χ0) is 15.5. The van der Waals surface area contributed by atoms with Crippen LogP contribution in [0.2, 0.25) is 0 Å². The summed E-state index contributed by atoms with van der Waals surface area (Å²) in [5.74, 6) is 1.00. The second-order valence-corrected chi connectivity index (χ2v) is 6.75. The van der Waals surface area contributed by atoms with Crippen molar-refractivity contribution in [2.45, 2.75) is 58.0 Å². The number of hydrogen-bond donors (Lipinski definition) is 1. The molecule has 0 aromatic heterocycles. The van der Waals surface area contributed by atoms with E-state index in [4.69, 9.17) is 9.47 Å². The molecule has 0 amide bonds. The van der Waals surface area contributed by atoms with Gasteiger partial charge >= 0.3 is 0 Å². The molecule has 2 unspecified atom stereocenters. The summed E-state index contributed by atoms with van der Waals surface area (Å²) in [6, 6.07) is 7.35. The lowest BCUT2D eigenvalue weighted by Gasteiger charge is -2.35. The van der Waals surface area contributed by atoms with E-state index in [1.54, 1.807) is 7.11 Å². The smallest absolute Gasteiger partial charge is 0.123 e. The molecule has 1 aromatic rings. The van der Waals surface area contributed by atoms with Gasteiger partial charge in [0.25, 0.3) is 0 Å². The summed E-state index contributed by atoms with van der Waals surface area (Å²) in [5, 5.41) is 3.55. The molecule has 0 radical (unpaired) electrons. The predicted octanol–water partition coefficient (Wildman–Crippen LogP) is 2.56. The minimum Gasteiger partial charge on any atom is -0.496 e. The van der Waals surface area contributed by atoms with Crippen molar-refractivity contribution >= 4 is 0 Å².